The Hall–Kier alpha value is -2.23. The summed E-state index contributed by atoms with van der Waals surface area (Å²) in [4.78, 5) is 12.2. The maximum Gasteiger partial charge on any atom is 0.173 e. The second kappa shape index (κ2) is 6.04. The predicted octanol–water partition coefficient (Wildman–Crippen LogP) is 4.02. The molecule has 0 aliphatic rings. The summed E-state index contributed by atoms with van der Waals surface area (Å²) in [6.07, 6.45) is -0.0340. The lowest BCUT2D eigenvalue weighted by Gasteiger charge is -2.09. The van der Waals surface area contributed by atoms with Crippen LogP contribution in [0, 0.1) is 25.5 Å². The third kappa shape index (κ3) is 3.27. The Balaban J connectivity index is 2.35. The van der Waals surface area contributed by atoms with E-state index in [9.17, 15) is 13.6 Å². The van der Waals surface area contributed by atoms with Crippen LogP contribution in [0.25, 0.3) is 0 Å². The quantitative estimate of drug-likeness (QED) is 0.795. The number of rotatable bonds is 4. The molecule has 2 nitrogen and oxygen atoms in total. The van der Waals surface area contributed by atoms with E-state index < -0.39 is 23.0 Å². The van der Waals surface area contributed by atoms with Crippen molar-refractivity contribution >= 4 is 5.78 Å². The number of benzene rings is 2. The monoisotopic (exact) mass is 290 g/mol. The fraction of sp³-hybridized carbons (Fsp3) is 0.235. The SMILES string of the molecule is COc1cc(F)c(C(=O)Cc2cc(C)ccc2C)c(F)c1. The minimum absolute atomic E-state index is 0.0340. The van der Waals surface area contributed by atoms with Gasteiger partial charge in [0.15, 0.2) is 5.78 Å². The van der Waals surface area contributed by atoms with Gasteiger partial charge in [-0.3, -0.25) is 4.79 Å². The average Bonchev–Trinajstić information content (AvgIpc) is 2.42. The summed E-state index contributed by atoms with van der Waals surface area (Å²) in [5, 5.41) is 0. The van der Waals surface area contributed by atoms with Crippen molar-refractivity contribution in [1.29, 1.82) is 0 Å². The van der Waals surface area contributed by atoms with Crippen molar-refractivity contribution in [3.63, 3.8) is 0 Å². The molecular weight excluding hydrogens is 274 g/mol. The lowest BCUT2D eigenvalue weighted by Crippen LogP contribution is -2.10. The van der Waals surface area contributed by atoms with Gasteiger partial charge in [-0.1, -0.05) is 23.8 Å². The van der Waals surface area contributed by atoms with Crippen molar-refractivity contribution in [3.8, 4) is 5.75 Å². The van der Waals surface area contributed by atoms with Crippen LogP contribution in [0.5, 0.6) is 5.75 Å². The Kier molecular flexibility index (Phi) is 4.36. The molecule has 0 unspecified atom stereocenters. The molecule has 0 radical (unpaired) electrons. The molecule has 0 aliphatic carbocycles. The van der Waals surface area contributed by atoms with Crippen LogP contribution >= 0.6 is 0 Å². The largest absolute Gasteiger partial charge is 0.497 e. The number of Topliss-reactive ketones (excluding diaryl/α,β-unsaturated/α-hetero) is 1. The molecule has 0 spiro atoms. The van der Waals surface area contributed by atoms with Crippen LogP contribution in [-0.4, -0.2) is 12.9 Å². The zero-order valence-electron chi connectivity index (χ0n) is 12.2. The lowest BCUT2D eigenvalue weighted by atomic mass is 9.97. The molecular formula is C17H16F2O2. The summed E-state index contributed by atoms with van der Waals surface area (Å²) >= 11 is 0. The lowest BCUT2D eigenvalue weighted by molar-refractivity contribution is 0.0984. The van der Waals surface area contributed by atoms with E-state index in [-0.39, 0.29) is 12.2 Å². The maximum atomic E-state index is 13.9. The molecule has 0 saturated heterocycles. The fourth-order valence-electron chi connectivity index (χ4n) is 2.19. The highest BCUT2D eigenvalue weighted by Gasteiger charge is 2.20. The Labute approximate surface area is 122 Å². The number of carbonyl (C=O) groups is 1. The first-order chi connectivity index (χ1) is 9.92. The van der Waals surface area contributed by atoms with Gasteiger partial charge in [0.2, 0.25) is 0 Å². The zero-order valence-corrected chi connectivity index (χ0v) is 12.2. The number of ether oxygens (including phenoxy) is 1. The van der Waals surface area contributed by atoms with Crippen molar-refractivity contribution in [2.75, 3.05) is 7.11 Å². The number of methoxy groups -OCH3 is 1. The number of halogens is 2. The van der Waals surface area contributed by atoms with E-state index in [1.54, 1.807) is 0 Å². The Morgan fingerprint density at radius 2 is 1.71 bits per heavy atom. The number of hydrogen-bond donors (Lipinski definition) is 0. The highest BCUT2D eigenvalue weighted by Crippen LogP contribution is 2.23. The van der Waals surface area contributed by atoms with Gasteiger partial charge >= 0.3 is 0 Å². The van der Waals surface area contributed by atoms with E-state index in [1.165, 1.54) is 7.11 Å². The molecule has 2 aromatic rings. The van der Waals surface area contributed by atoms with Crippen molar-refractivity contribution in [3.05, 3.63) is 64.2 Å². The van der Waals surface area contributed by atoms with Crippen molar-refractivity contribution in [2.24, 2.45) is 0 Å². The number of carbonyl (C=O) groups excluding carboxylic acids is 1. The molecule has 0 saturated carbocycles. The number of hydrogen-bond acceptors (Lipinski definition) is 2. The van der Waals surface area contributed by atoms with E-state index in [0.29, 0.717) is 0 Å². The first kappa shape index (κ1) is 15.2. The van der Waals surface area contributed by atoms with Gasteiger partial charge in [-0.05, 0) is 25.0 Å². The van der Waals surface area contributed by atoms with Crippen LogP contribution in [-0.2, 0) is 6.42 Å². The average molecular weight is 290 g/mol. The van der Waals surface area contributed by atoms with E-state index in [4.69, 9.17) is 4.74 Å². The standard InChI is InChI=1S/C17H16F2O2/c1-10-4-5-11(2)12(6-10)7-16(20)17-14(18)8-13(21-3)9-15(17)19/h4-6,8-9H,7H2,1-3H3. The Morgan fingerprint density at radius 1 is 1.10 bits per heavy atom. The predicted molar refractivity (Wildman–Crippen MR) is 76.9 cm³/mol. The van der Waals surface area contributed by atoms with Gasteiger partial charge in [-0.15, -0.1) is 0 Å². The molecule has 21 heavy (non-hydrogen) atoms. The second-order valence-corrected chi connectivity index (χ2v) is 5.00. The third-order valence-electron chi connectivity index (χ3n) is 3.39. The highest BCUT2D eigenvalue weighted by molar-refractivity contribution is 5.98. The minimum Gasteiger partial charge on any atom is -0.497 e. The van der Waals surface area contributed by atoms with Crippen molar-refractivity contribution in [2.45, 2.75) is 20.3 Å². The van der Waals surface area contributed by atoms with E-state index in [2.05, 4.69) is 0 Å². The van der Waals surface area contributed by atoms with Gasteiger partial charge in [0.25, 0.3) is 0 Å². The van der Waals surface area contributed by atoms with Crippen molar-refractivity contribution in [1.82, 2.24) is 0 Å². The highest BCUT2D eigenvalue weighted by atomic mass is 19.1. The molecule has 0 amide bonds. The first-order valence-electron chi connectivity index (χ1n) is 6.54. The van der Waals surface area contributed by atoms with E-state index in [1.807, 2.05) is 32.0 Å². The molecule has 2 aromatic carbocycles. The summed E-state index contributed by atoms with van der Waals surface area (Å²) in [5.74, 6) is -2.33. The van der Waals surface area contributed by atoms with Crippen LogP contribution in [0.15, 0.2) is 30.3 Å². The van der Waals surface area contributed by atoms with Crippen LogP contribution in [0.2, 0.25) is 0 Å². The van der Waals surface area contributed by atoms with Crippen molar-refractivity contribution < 1.29 is 18.3 Å². The van der Waals surface area contributed by atoms with Crippen LogP contribution in [0.1, 0.15) is 27.0 Å². The summed E-state index contributed by atoms with van der Waals surface area (Å²) in [6, 6.07) is 7.70. The topological polar surface area (TPSA) is 26.3 Å². The van der Waals surface area contributed by atoms with Gasteiger partial charge in [-0.2, -0.15) is 0 Å². The van der Waals surface area contributed by atoms with Gasteiger partial charge in [0.1, 0.15) is 17.4 Å². The van der Waals surface area contributed by atoms with E-state index in [0.717, 1.165) is 28.8 Å². The van der Waals surface area contributed by atoms with Gasteiger partial charge < -0.3 is 4.74 Å². The first-order valence-corrected chi connectivity index (χ1v) is 6.54. The number of aryl methyl sites for hydroxylation is 2. The molecule has 110 valence electrons. The Bertz CT molecular complexity index is 670. The minimum atomic E-state index is -0.901. The normalized spacial score (nSPS) is 10.5. The molecule has 0 heterocycles. The summed E-state index contributed by atoms with van der Waals surface area (Å²) in [6.45, 7) is 3.77. The Morgan fingerprint density at radius 3 is 2.29 bits per heavy atom. The molecule has 4 heteroatoms. The third-order valence-corrected chi connectivity index (χ3v) is 3.39. The van der Waals surface area contributed by atoms with Crippen LogP contribution in [0.4, 0.5) is 8.78 Å². The van der Waals surface area contributed by atoms with Gasteiger partial charge in [0.05, 0.1) is 12.7 Å². The molecule has 0 N–H and O–H groups in total. The molecule has 0 fully saturated rings. The smallest absolute Gasteiger partial charge is 0.173 e. The van der Waals surface area contributed by atoms with Crippen LogP contribution < -0.4 is 4.74 Å². The zero-order chi connectivity index (χ0) is 15.6. The summed E-state index contributed by atoms with van der Waals surface area (Å²) < 4.78 is 32.6. The molecule has 0 aliphatic heterocycles. The molecule has 0 atom stereocenters. The van der Waals surface area contributed by atoms with Crippen LogP contribution in [0.3, 0.4) is 0 Å². The maximum absolute atomic E-state index is 13.9. The molecule has 0 bridgehead atoms. The number of ketones is 1. The molecule has 2 rings (SSSR count). The fourth-order valence-corrected chi connectivity index (χ4v) is 2.19. The second-order valence-electron chi connectivity index (χ2n) is 5.00. The van der Waals surface area contributed by atoms with E-state index >= 15 is 0 Å². The van der Waals surface area contributed by atoms with Gasteiger partial charge in [0, 0.05) is 18.6 Å². The summed E-state index contributed by atoms with van der Waals surface area (Å²) in [5.41, 5.74) is 2.17. The molecule has 0 aromatic heterocycles. The van der Waals surface area contributed by atoms with Gasteiger partial charge in [-0.25, -0.2) is 8.78 Å². The summed E-state index contributed by atoms with van der Waals surface area (Å²) in [7, 11) is 1.31.